The van der Waals surface area contributed by atoms with Gasteiger partial charge in [-0.1, -0.05) is 18.1 Å². The number of amides is 1. The molecule has 0 aromatic heterocycles. The van der Waals surface area contributed by atoms with Crippen molar-refractivity contribution in [1.82, 2.24) is 5.32 Å². The number of aliphatic carboxylic acids is 1. The Morgan fingerprint density at radius 1 is 0.718 bits per heavy atom. The molecule has 218 valence electrons. The highest BCUT2D eigenvalue weighted by molar-refractivity contribution is 5.96. The van der Waals surface area contributed by atoms with Crippen LogP contribution in [-0.2, 0) is 38.0 Å². The van der Waals surface area contributed by atoms with Gasteiger partial charge in [-0.2, -0.15) is 0 Å². The van der Waals surface area contributed by atoms with Crippen LogP contribution < -0.4 is 5.32 Å². The minimum Gasteiger partial charge on any atom is -0.481 e. The van der Waals surface area contributed by atoms with E-state index in [1.807, 2.05) is 0 Å². The lowest BCUT2D eigenvalue weighted by molar-refractivity contribution is -0.138. The van der Waals surface area contributed by atoms with Crippen LogP contribution in [0.5, 0.6) is 0 Å². The number of carboxylic acids is 1. The van der Waals surface area contributed by atoms with Crippen LogP contribution in [0.3, 0.4) is 0 Å². The van der Waals surface area contributed by atoms with Gasteiger partial charge in [0, 0.05) is 37.1 Å². The highest BCUT2D eigenvalue weighted by Crippen LogP contribution is 2.08. The molecule has 11 nitrogen and oxygen atoms in total. The van der Waals surface area contributed by atoms with Gasteiger partial charge in [0.05, 0.1) is 79.1 Å². The summed E-state index contributed by atoms with van der Waals surface area (Å²) in [5, 5.41) is 11.2. The fourth-order valence-corrected chi connectivity index (χ4v) is 3.02. The average Bonchev–Trinajstić information content (AvgIpc) is 2.93. The van der Waals surface area contributed by atoms with Crippen molar-refractivity contribution < 1.29 is 47.9 Å². The van der Waals surface area contributed by atoms with Gasteiger partial charge in [0.2, 0.25) is 5.91 Å². The summed E-state index contributed by atoms with van der Waals surface area (Å²) in [5.41, 5.74) is 1.31. The number of carbonyl (C=O) groups excluding carboxylic acids is 2. The first-order valence-corrected chi connectivity index (χ1v) is 13.1. The van der Waals surface area contributed by atoms with Crippen molar-refractivity contribution in [3.63, 3.8) is 0 Å². The molecule has 0 aliphatic rings. The van der Waals surface area contributed by atoms with E-state index in [2.05, 4.69) is 11.2 Å². The number of carboxylic acid groups (broad SMARTS) is 1. The average molecular weight is 552 g/mol. The number of benzene rings is 1. The maximum Gasteiger partial charge on any atom is 0.305 e. The van der Waals surface area contributed by atoms with Gasteiger partial charge >= 0.3 is 5.97 Å². The molecule has 0 radical (unpaired) electrons. The van der Waals surface area contributed by atoms with Crippen LogP contribution in [0.2, 0.25) is 0 Å². The van der Waals surface area contributed by atoms with Crippen LogP contribution in [0.1, 0.15) is 41.6 Å². The largest absolute Gasteiger partial charge is 0.481 e. The van der Waals surface area contributed by atoms with E-state index < -0.39 is 5.97 Å². The minimum atomic E-state index is -0.892. The standard InChI is InChI=1S/C28H41NO10/c1-2-24-5-3-6-25(23-24)26(30)7-4-11-34-15-19-38-20-16-35-12-8-27(31)29-10-14-37-18-22-39-21-17-36-13-9-28(32)33/h1,3,5-6,23H,4,7-22H2,(H,29,31)(H,32,33). The smallest absolute Gasteiger partial charge is 0.305 e. The van der Waals surface area contributed by atoms with Gasteiger partial charge in [-0.05, 0) is 18.6 Å². The maximum absolute atomic E-state index is 12.2. The second-order valence-corrected chi connectivity index (χ2v) is 8.17. The van der Waals surface area contributed by atoms with Gasteiger partial charge < -0.3 is 38.8 Å². The summed E-state index contributed by atoms with van der Waals surface area (Å²) in [6, 6.07) is 7.05. The van der Waals surface area contributed by atoms with E-state index in [0.717, 1.165) is 0 Å². The van der Waals surface area contributed by atoms with E-state index >= 15 is 0 Å². The number of carbonyl (C=O) groups is 3. The summed E-state index contributed by atoms with van der Waals surface area (Å²) >= 11 is 0. The molecule has 0 saturated heterocycles. The van der Waals surface area contributed by atoms with Crippen LogP contribution in [0.25, 0.3) is 0 Å². The monoisotopic (exact) mass is 551 g/mol. The fraction of sp³-hybridized carbons (Fsp3) is 0.607. The quantitative estimate of drug-likeness (QED) is 0.0994. The van der Waals surface area contributed by atoms with Gasteiger partial charge in [-0.25, -0.2) is 0 Å². The van der Waals surface area contributed by atoms with Crippen molar-refractivity contribution in [1.29, 1.82) is 0 Å². The first-order valence-electron chi connectivity index (χ1n) is 13.1. The van der Waals surface area contributed by atoms with Crippen LogP contribution in [0.4, 0.5) is 0 Å². The fourth-order valence-electron chi connectivity index (χ4n) is 3.02. The third kappa shape index (κ3) is 20.7. The number of Topliss-reactive ketones (excluding diaryl/α,β-unsaturated/α-hetero) is 1. The predicted molar refractivity (Wildman–Crippen MR) is 143 cm³/mol. The SMILES string of the molecule is C#Cc1cccc(C(=O)CCCOCCOCCOCCC(=O)NCCOCCOCCOCCC(=O)O)c1. The lowest BCUT2D eigenvalue weighted by Crippen LogP contribution is -2.28. The van der Waals surface area contributed by atoms with Crippen LogP contribution in [0, 0.1) is 12.3 Å². The summed E-state index contributed by atoms with van der Waals surface area (Å²) < 4.78 is 32.0. The Bertz CT molecular complexity index is 855. The molecule has 1 aromatic rings. The number of rotatable bonds is 26. The highest BCUT2D eigenvalue weighted by Gasteiger charge is 2.06. The summed E-state index contributed by atoms with van der Waals surface area (Å²) in [6.07, 6.45) is 6.61. The molecule has 1 rings (SSSR count). The Labute approximate surface area is 230 Å². The zero-order chi connectivity index (χ0) is 28.4. The van der Waals surface area contributed by atoms with Crippen molar-refractivity contribution >= 4 is 17.7 Å². The second kappa shape index (κ2) is 24.2. The number of hydrogen-bond donors (Lipinski definition) is 2. The third-order valence-corrected chi connectivity index (χ3v) is 5.03. The molecule has 0 atom stereocenters. The highest BCUT2D eigenvalue weighted by atomic mass is 16.5. The molecule has 39 heavy (non-hydrogen) atoms. The molecule has 0 heterocycles. The molecule has 11 heteroatoms. The van der Waals surface area contributed by atoms with Gasteiger partial charge in [0.25, 0.3) is 0 Å². The predicted octanol–water partition coefficient (Wildman–Crippen LogP) is 1.71. The van der Waals surface area contributed by atoms with E-state index in [-0.39, 0.29) is 31.1 Å². The van der Waals surface area contributed by atoms with Crippen molar-refractivity contribution in [2.45, 2.75) is 25.7 Å². The van der Waals surface area contributed by atoms with Gasteiger partial charge in [0.1, 0.15) is 0 Å². The number of terminal acetylenes is 1. The Morgan fingerprint density at radius 3 is 1.85 bits per heavy atom. The molecule has 1 amide bonds. The summed E-state index contributed by atoms with van der Waals surface area (Å²) in [6.45, 7) is 4.83. The zero-order valence-corrected chi connectivity index (χ0v) is 22.5. The first kappa shape index (κ1) is 34.2. The zero-order valence-electron chi connectivity index (χ0n) is 22.5. The van der Waals surface area contributed by atoms with Crippen molar-refractivity contribution in [3.05, 3.63) is 35.4 Å². The molecule has 1 aromatic carbocycles. The van der Waals surface area contributed by atoms with Crippen molar-refractivity contribution in [2.75, 3.05) is 85.8 Å². The topological polar surface area (TPSA) is 139 Å². The van der Waals surface area contributed by atoms with Gasteiger partial charge in [-0.3, -0.25) is 14.4 Å². The molecule has 0 aliphatic heterocycles. The molecule has 0 fully saturated rings. The lowest BCUT2D eigenvalue weighted by atomic mass is 10.0. The van der Waals surface area contributed by atoms with E-state index in [4.69, 9.17) is 40.0 Å². The Hall–Kier alpha value is -2.85. The number of ketones is 1. The normalized spacial score (nSPS) is 10.7. The Kier molecular flexibility index (Phi) is 21.2. The molecule has 0 spiro atoms. The first-order chi connectivity index (χ1) is 19.0. The van der Waals surface area contributed by atoms with E-state index in [1.165, 1.54) is 0 Å². The molecule has 0 aliphatic carbocycles. The van der Waals surface area contributed by atoms with Crippen molar-refractivity contribution in [3.8, 4) is 12.3 Å². The van der Waals surface area contributed by atoms with Crippen LogP contribution in [0.15, 0.2) is 24.3 Å². The Balaban J connectivity index is 1.79. The molecule has 0 bridgehead atoms. The summed E-state index contributed by atoms with van der Waals surface area (Å²) in [4.78, 5) is 34.2. The van der Waals surface area contributed by atoms with Gasteiger partial charge in [0.15, 0.2) is 5.78 Å². The number of nitrogens with one attached hydrogen (secondary N) is 1. The number of hydrogen-bond acceptors (Lipinski definition) is 9. The molecule has 0 saturated carbocycles. The third-order valence-electron chi connectivity index (χ3n) is 5.03. The van der Waals surface area contributed by atoms with Crippen molar-refractivity contribution in [2.24, 2.45) is 0 Å². The van der Waals surface area contributed by atoms with Crippen LogP contribution >= 0.6 is 0 Å². The second-order valence-electron chi connectivity index (χ2n) is 8.17. The lowest BCUT2D eigenvalue weighted by Gasteiger charge is -2.08. The summed E-state index contributed by atoms with van der Waals surface area (Å²) in [7, 11) is 0. The van der Waals surface area contributed by atoms with E-state index in [1.54, 1.807) is 24.3 Å². The molecular formula is C28H41NO10. The molecular weight excluding hydrogens is 510 g/mol. The van der Waals surface area contributed by atoms with E-state index in [0.29, 0.717) is 103 Å². The maximum atomic E-state index is 12.2. The van der Waals surface area contributed by atoms with E-state index in [9.17, 15) is 14.4 Å². The number of ether oxygens (including phenoxy) is 6. The van der Waals surface area contributed by atoms with Crippen LogP contribution in [-0.4, -0.2) is 109 Å². The molecule has 2 N–H and O–H groups in total. The summed E-state index contributed by atoms with van der Waals surface area (Å²) in [5.74, 6) is 1.56. The molecule has 0 unspecified atom stereocenters. The Morgan fingerprint density at radius 2 is 1.26 bits per heavy atom. The minimum absolute atomic E-state index is 0.0231. The van der Waals surface area contributed by atoms with Gasteiger partial charge in [-0.15, -0.1) is 6.42 Å².